The molecule has 0 amide bonds. The highest BCUT2D eigenvalue weighted by molar-refractivity contribution is 6.31. The van der Waals surface area contributed by atoms with E-state index >= 15 is 0 Å². The van der Waals surface area contributed by atoms with Gasteiger partial charge in [0.15, 0.2) is 0 Å². The van der Waals surface area contributed by atoms with Crippen LogP contribution in [0, 0.1) is 6.92 Å². The van der Waals surface area contributed by atoms with Gasteiger partial charge in [0.05, 0.1) is 6.10 Å². The van der Waals surface area contributed by atoms with Crippen molar-refractivity contribution in [1.29, 1.82) is 0 Å². The number of aliphatic hydroxyl groups excluding tert-OH is 1. The number of rotatable bonds is 5. The maximum absolute atomic E-state index is 10.1. The van der Waals surface area contributed by atoms with E-state index in [-0.39, 0.29) is 0 Å². The number of aliphatic hydroxyl groups is 1. The SMILES string of the molecule is Cc1ccccc1CNCC(O)c1ccccc1Cl. The molecule has 0 aromatic heterocycles. The number of hydrogen-bond donors (Lipinski definition) is 2. The lowest BCUT2D eigenvalue weighted by molar-refractivity contribution is 0.174. The average molecular weight is 276 g/mol. The highest BCUT2D eigenvalue weighted by Crippen LogP contribution is 2.21. The summed E-state index contributed by atoms with van der Waals surface area (Å²) in [4.78, 5) is 0. The van der Waals surface area contributed by atoms with E-state index in [0.29, 0.717) is 11.6 Å². The van der Waals surface area contributed by atoms with Crippen molar-refractivity contribution in [2.75, 3.05) is 6.54 Å². The predicted molar refractivity (Wildman–Crippen MR) is 79.3 cm³/mol. The summed E-state index contributed by atoms with van der Waals surface area (Å²) in [5.41, 5.74) is 3.26. The first-order valence-corrected chi connectivity index (χ1v) is 6.74. The zero-order valence-corrected chi connectivity index (χ0v) is 11.7. The summed E-state index contributed by atoms with van der Waals surface area (Å²) in [5.74, 6) is 0. The molecule has 1 atom stereocenters. The molecule has 0 aliphatic heterocycles. The molecule has 2 rings (SSSR count). The van der Waals surface area contributed by atoms with Gasteiger partial charge < -0.3 is 10.4 Å². The van der Waals surface area contributed by atoms with E-state index in [1.807, 2.05) is 30.3 Å². The van der Waals surface area contributed by atoms with Gasteiger partial charge in [-0.15, -0.1) is 0 Å². The van der Waals surface area contributed by atoms with Crippen molar-refractivity contribution >= 4 is 11.6 Å². The summed E-state index contributed by atoms with van der Waals surface area (Å²) in [5, 5.41) is 14.0. The molecule has 2 aromatic rings. The summed E-state index contributed by atoms with van der Waals surface area (Å²) >= 11 is 6.05. The van der Waals surface area contributed by atoms with Crippen LogP contribution in [-0.4, -0.2) is 11.7 Å². The lowest BCUT2D eigenvalue weighted by Gasteiger charge is -2.14. The second kappa shape index (κ2) is 6.71. The van der Waals surface area contributed by atoms with Crippen LogP contribution in [0.15, 0.2) is 48.5 Å². The van der Waals surface area contributed by atoms with Crippen LogP contribution in [0.2, 0.25) is 5.02 Å². The molecule has 2 N–H and O–H groups in total. The van der Waals surface area contributed by atoms with Crippen LogP contribution in [0.25, 0.3) is 0 Å². The normalized spacial score (nSPS) is 12.4. The Morgan fingerprint density at radius 2 is 1.79 bits per heavy atom. The van der Waals surface area contributed by atoms with E-state index in [1.54, 1.807) is 6.07 Å². The van der Waals surface area contributed by atoms with Gasteiger partial charge in [-0.25, -0.2) is 0 Å². The predicted octanol–water partition coefficient (Wildman–Crippen LogP) is 3.47. The van der Waals surface area contributed by atoms with Crippen LogP contribution in [0.3, 0.4) is 0 Å². The van der Waals surface area contributed by atoms with Gasteiger partial charge in [0, 0.05) is 23.7 Å². The molecule has 2 nitrogen and oxygen atoms in total. The molecular weight excluding hydrogens is 258 g/mol. The van der Waals surface area contributed by atoms with Gasteiger partial charge >= 0.3 is 0 Å². The molecule has 0 aliphatic rings. The molecule has 0 radical (unpaired) electrons. The van der Waals surface area contributed by atoms with Gasteiger partial charge in [-0.05, 0) is 24.1 Å². The maximum Gasteiger partial charge on any atom is 0.0928 e. The van der Waals surface area contributed by atoms with Gasteiger partial charge in [-0.1, -0.05) is 54.1 Å². The lowest BCUT2D eigenvalue weighted by atomic mass is 10.1. The fourth-order valence-electron chi connectivity index (χ4n) is 2.01. The van der Waals surface area contributed by atoms with Crippen molar-refractivity contribution in [1.82, 2.24) is 5.32 Å². The fourth-order valence-corrected chi connectivity index (χ4v) is 2.27. The molecule has 2 aromatic carbocycles. The minimum atomic E-state index is -0.585. The van der Waals surface area contributed by atoms with Gasteiger partial charge in [-0.3, -0.25) is 0 Å². The second-order valence-corrected chi connectivity index (χ2v) is 5.00. The van der Waals surface area contributed by atoms with Crippen molar-refractivity contribution in [3.8, 4) is 0 Å². The summed E-state index contributed by atoms with van der Waals surface area (Å²) in [7, 11) is 0. The molecule has 0 saturated heterocycles. The molecule has 19 heavy (non-hydrogen) atoms. The molecule has 1 unspecified atom stereocenters. The molecule has 0 saturated carbocycles. The Bertz CT molecular complexity index is 542. The number of benzene rings is 2. The average Bonchev–Trinajstić information content (AvgIpc) is 2.41. The van der Waals surface area contributed by atoms with Gasteiger partial charge in [0.25, 0.3) is 0 Å². The van der Waals surface area contributed by atoms with E-state index in [4.69, 9.17) is 11.6 Å². The van der Waals surface area contributed by atoms with Crippen LogP contribution >= 0.6 is 11.6 Å². The summed E-state index contributed by atoms with van der Waals surface area (Å²) in [6.45, 7) is 3.31. The van der Waals surface area contributed by atoms with Crippen molar-refractivity contribution in [2.24, 2.45) is 0 Å². The minimum Gasteiger partial charge on any atom is -0.387 e. The first-order valence-electron chi connectivity index (χ1n) is 6.36. The van der Waals surface area contributed by atoms with Crippen molar-refractivity contribution in [2.45, 2.75) is 19.6 Å². The Labute approximate surface area is 119 Å². The van der Waals surface area contributed by atoms with Crippen LogP contribution in [0.4, 0.5) is 0 Å². The first kappa shape index (κ1) is 14.1. The molecule has 0 heterocycles. The highest BCUT2D eigenvalue weighted by atomic mass is 35.5. The van der Waals surface area contributed by atoms with Crippen LogP contribution < -0.4 is 5.32 Å². The van der Waals surface area contributed by atoms with E-state index < -0.39 is 6.10 Å². The van der Waals surface area contributed by atoms with E-state index in [2.05, 4.69) is 24.4 Å². The quantitative estimate of drug-likeness (QED) is 0.876. The summed E-state index contributed by atoms with van der Waals surface area (Å²) < 4.78 is 0. The number of nitrogens with one attached hydrogen (secondary N) is 1. The third-order valence-electron chi connectivity index (χ3n) is 3.18. The lowest BCUT2D eigenvalue weighted by Crippen LogP contribution is -2.21. The fraction of sp³-hybridized carbons (Fsp3) is 0.250. The third kappa shape index (κ3) is 3.80. The molecule has 0 bridgehead atoms. The highest BCUT2D eigenvalue weighted by Gasteiger charge is 2.10. The summed E-state index contributed by atoms with van der Waals surface area (Å²) in [6.07, 6.45) is -0.585. The van der Waals surface area contributed by atoms with Crippen molar-refractivity contribution in [3.05, 3.63) is 70.2 Å². The number of aryl methyl sites for hydroxylation is 1. The minimum absolute atomic E-state index is 0.484. The first-order chi connectivity index (χ1) is 9.18. The number of hydrogen-bond acceptors (Lipinski definition) is 2. The van der Waals surface area contributed by atoms with Crippen LogP contribution in [0.5, 0.6) is 0 Å². The molecule has 0 fully saturated rings. The molecule has 100 valence electrons. The van der Waals surface area contributed by atoms with E-state index in [0.717, 1.165) is 12.1 Å². The standard InChI is InChI=1S/C16H18ClNO/c1-12-6-2-3-7-13(12)10-18-11-16(19)14-8-4-5-9-15(14)17/h2-9,16,18-19H,10-11H2,1H3. The molecule has 0 aliphatic carbocycles. The van der Waals surface area contributed by atoms with Gasteiger partial charge in [0.1, 0.15) is 0 Å². The maximum atomic E-state index is 10.1. The monoisotopic (exact) mass is 275 g/mol. The van der Waals surface area contributed by atoms with E-state index in [9.17, 15) is 5.11 Å². The second-order valence-electron chi connectivity index (χ2n) is 4.59. The van der Waals surface area contributed by atoms with Crippen LogP contribution in [0.1, 0.15) is 22.8 Å². The van der Waals surface area contributed by atoms with Crippen LogP contribution in [-0.2, 0) is 6.54 Å². The Morgan fingerprint density at radius 1 is 1.11 bits per heavy atom. The summed E-state index contributed by atoms with van der Waals surface area (Å²) in [6, 6.07) is 15.6. The van der Waals surface area contributed by atoms with Crippen molar-refractivity contribution in [3.63, 3.8) is 0 Å². The van der Waals surface area contributed by atoms with Gasteiger partial charge in [0.2, 0.25) is 0 Å². The third-order valence-corrected chi connectivity index (χ3v) is 3.52. The topological polar surface area (TPSA) is 32.3 Å². The Morgan fingerprint density at radius 3 is 2.53 bits per heavy atom. The van der Waals surface area contributed by atoms with Crippen molar-refractivity contribution < 1.29 is 5.11 Å². The Hall–Kier alpha value is -1.35. The van der Waals surface area contributed by atoms with Gasteiger partial charge in [-0.2, -0.15) is 0 Å². The smallest absolute Gasteiger partial charge is 0.0928 e. The zero-order valence-electron chi connectivity index (χ0n) is 10.9. The molecule has 0 spiro atoms. The number of halogens is 1. The van der Waals surface area contributed by atoms with E-state index in [1.165, 1.54) is 11.1 Å². The Kier molecular flexibility index (Phi) is 4.97. The largest absolute Gasteiger partial charge is 0.387 e. The molecular formula is C16H18ClNO. The molecule has 3 heteroatoms. The Balaban J connectivity index is 1.90. The zero-order chi connectivity index (χ0) is 13.7.